The molecule has 0 bridgehead atoms. The molecule has 1 amide bonds. The van der Waals surface area contributed by atoms with Gasteiger partial charge in [-0.25, -0.2) is 0 Å². The van der Waals surface area contributed by atoms with Gasteiger partial charge in [-0.3, -0.25) is 4.79 Å². The minimum Gasteiger partial charge on any atom is -0.493 e. The molecule has 0 aliphatic carbocycles. The van der Waals surface area contributed by atoms with Crippen LogP contribution in [0.1, 0.15) is 56.3 Å². The Hall–Kier alpha value is -1.09. The molecular weight excluding hydrogens is 477 g/mol. The molecule has 1 fully saturated rings. The third-order valence-corrected chi connectivity index (χ3v) is 6.31. The number of para-hydroxylation sites is 1. The van der Waals surface area contributed by atoms with E-state index >= 15 is 0 Å². The van der Waals surface area contributed by atoms with Crippen molar-refractivity contribution < 1.29 is 19.4 Å². The smallest absolute Gasteiger partial charge is 0.255 e. The minimum absolute atomic E-state index is 0. The number of amides is 1. The number of methoxy groups -OCH3 is 1. The van der Waals surface area contributed by atoms with Gasteiger partial charge in [0.25, 0.3) is 5.91 Å². The SMILES string of the molecule is COCCCOc1ccccc1C(=O)NC[C@@H](C[C@H](N)[C@@H](O)CN1CCCCC1)C(C)C.Cl.Cl. The summed E-state index contributed by atoms with van der Waals surface area (Å²) in [5, 5.41) is 13.7. The first-order valence-corrected chi connectivity index (χ1v) is 12.1. The van der Waals surface area contributed by atoms with Crippen molar-refractivity contribution in [1.82, 2.24) is 10.2 Å². The number of nitrogens with one attached hydrogen (secondary N) is 1. The largest absolute Gasteiger partial charge is 0.493 e. The van der Waals surface area contributed by atoms with Crippen molar-refractivity contribution in [2.24, 2.45) is 17.6 Å². The number of nitrogens with two attached hydrogens (primary N) is 1. The van der Waals surface area contributed by atoms with Crippen LogP contribution >= 0.6 is 24.8 Å². The monoisotopic (exact) mass is 521 g/mol. The van der Waals surface area contributed by atoms with Crippen LogP contribution in [0.3, 0.4) is 0 Å². The van der Waals surface area contributed by atoms with E-state index in [1.165, 1.54) is 19.3 Å². The van der Waals surface area contributed by atoms with Crippen molar-refractivity contribution in [3.05, 3.63) is 29.8 Å². The van der Waals surface area contributed by atoms with E-state index < -0.39 is 6.10 Å². The van der Waals surface area contributed by atoms with Crippen LogP contribution < -0.4 is 15.8 Å². The number of aliphatic hydroxyl groups is 1. The number of ether oxygens (including phenoxy) is 2. The Balaban J connectivity index is 0.00000544. The normalized spacial score (nSPS) is 16.6. The second kappa shape index (κ2) is 18.2. The third-order valence-electron chi connectivity index (χ3n) is 6.31. The van der Waals surface area contributed by atoms with E-state index in [0.717, 1.165) is 19.5 Å². The van der Waals surface area contributed by atoms with E-state index in [-0.39, 0.29) is 42.7 Å². The second-order valence-corrected chi connectivity index (χ2v) is 9.23. The van der Waals surface area contributed by atoms with Crippen LogP contribution in [0.2, 0.25) is 0 Å². The summed E-state index contributed by atoms with van der Waals surface area (Å²) in [5.41, 5.74) is 6.90. The summed E-state index contributed by atoms with van der Waals surface area (Å²) in [6.07, 6.45) is 4.54. The first-order valence-electron chi connectivity index (χ1n) is 12.1. The Morgan fingerprint density at radius 2 is 1.82 bits per heavy atom. The molecule has 4 N–H and O–H groups in total. The van der Waals surface area contributed by atoms with E-state index in [9.17, 15) is 9.90 Å². The molecule has 1 saturated heterocycles. The number of β-amino-alcohol motifs (C(OH)–C–C–N with tert-alkyl or cyclic N) is 1. The highest BCUT2D eigenvalue weighted by Crippen LogP contribution is 2.21. The Labute approximate surface area is 217 Å². The maximum atomic E-state index is 12.9. The van der Waals surface area contributed by atoms with Crippen molar-refractivity contribution in [1.29, 1.82) is 0 Å². The summed E-state index contributed by atoms with van der Waals surface area (Å²) < 4.78 is 10.8. The number of rotatable bonds is 14. The first kappa shape index (κ1) is 32.9. The molecular formula is C25H45Cl2N3O4. The zero-order valence-corrected chi connectivity index (χ0v) is 22.5. The number of carbonyl (C=O) groups is 1. The molecule has 1 heterocycles. The molecule has 1 aromatic rings. The lowest BCUT2D eigenvalue weighted by Crippen LogP contribution is -2.47. The highest BCUT2D eigenvalue weighted by Gasteiger charge is 2.25. The highest BCUT2D eigenvalue weighted by molar-refractivity contribution is 5.96. The molecule has 7 nitrogen and oxygen atoms in total. The van der Waals surface area contributed by atoms with Crippen LogP contribution in [0, 0.1) is 11.8 Å². The van der Waals surface area contributed by atoms with Gasteiger partial charge in [-0.2, -0.15) is 0 Å². The summed E-state index contributed by atoms with van der Waals surface area (Å²) in [6, 6.07) is 6.98. The third kappa shape index (κ3) is 11.6. The lowest BCUT2D eigenvalue weighted by atomic mass is 9.87. The van der Waals surface area contributed by atoms with Gasteiger partial charge in [0.05, 0.1) is 18.3 Å². The van der Waals surface area contributed by atoms with Crippen molar-refractivity contribution in [3.63, 3.8) is 0 Å². The van der Waals surface area contributed by atoms with Crippen LogP contribution in [0.4, 0.5) is 0 Å². The van der Waals surface area contributed by atoms with E-state index in [1.807, 2.05) is 18.2 Å². The van der Waals surface area contributed by atoms with Gasteiger partial charge >= 0.3 is 0 Å². The number of nitrogens with zero attached hydrogens (tertiary/aromatic N) is 1. The number of benzene rings is 1. The van der Waals surface area contributed by atoms with Gasteiger partial charge in [0.15, 0.2) is 0 Å². The van der Waals surface area contributed by atoms with E-state index in [0.29, 0.717) is 50.0 Å². The molecule has 1 aromatic carbocycles. The summed E-state index contributed by atoms with van der Waals surface area (Å²) in [7, 11) is 1.66. The fourth-order valence-electron chi connectivity index (χ4n) is 4.12. The van der Waals surface area contributed by atoms with Crippen molar-refractivity contribution in [2.45, 2.75) is 58.1 Å². The predicted octanol–water partition coefficient (Wildman–Crippen LogP) is 3.51. The van der Waals surface area contributed by atoms with Gasteiger partial charge in [-0.1, -0.05) is 32.4 Å². The Morgan fingerprint density at radius 1 is 1.15 bits per heavy atom. The van der Waals surface area contributed by atoms with E-state index in [4.69, 9.17) is 15.2 Å². The number of hydrogen-bond acceptors (Lipinski definition) is 6. The molecule has 0 spiro atoms. The number of carbonyl (C=O) groups excluding carboxylic acids is 1. The molecule has 198 valence electrons. The minimum atomic E-state index is -0.550. The van der Waals surface area contributed by atoms with Crippen LogP contribution in [-0.4, -0.2) is 74.6 Å². The fourth-order valence-corrected chi connectivity index (χ4v) is 4.12. The number of aliphatic hydroxyl groups excluding tert-OH is 1. The van der Waals surface area contributed by atoms with Crippen LogP contribution in [0.25, 0.3) is 0 Å². The maximum Gasteiger partial charge on any atom is 0.255 e. The van der Waals surface area contributed by atoms with Gasteiger partial charge in [0, 0.05) is 39.3 Å². The van der Waals surface area contributed by atoms with Crippen LogP contribution in [0.15, 0.2) is 24.3 Å². The van der Waals surface area contributed by atoms with Crippen molar-refractivity contribution >= 4 is 30.7 Å². The molecule has 0 saturated carbocycles. The van der Waals surface area contributed by atoms with E-state index in [2.05, 4.69) is 24.1 Å². The zero-order valence-electron chi connectivity index (χ0n) is 20.9. The number of halogens is 2. The van der Waals surface area contributed by atoms with Crippen LogP contribution in [0.5, 0.6) is 5.75 Å². The maximum absolute atomic E-state index is 12.9. The molecule has 2 rings (SSSR count). The fraction of sp³-hybridized carbons (Fsp3) is 0.720. The molecule has 1 aliphatic rings. The second-order valence-electron chi connectivity index (χ2n) is 9.23. The van der Waals surface area contributed by atoms with E-state index in [1.54, 1.807) is 13.2 Å². The van der Waals surface area contributed by atoms with Gasteiger partial charge in [-0.05, 0) is 56.3 Å². The first-order chi connectivity index (χ1) is 15.4. The number of likely N-dealkylation sites (tertiary alicyclic amines) is 1. The summed E-state index contributed by atoms with van der Waals surface area (Å²) in [4.78, 5) is 15.2. The molecule has 0 radical (unpaired) electrons. The van der Waals surface area contributed by atoms with Gasteiger partial charge < -0.3 is 30.5 Å². The highest BCUT2D eigenvalue weighted by atomic mass is 35.5. The quantitative estimate of drug-likeness (QED) is 0.324. The molecule has 9 heteroatoms. The zero-order chi connectivity index (χ0) is 23.3. The number of hydrogen-bond donors (Lipinski definition) is 3. The lowest BCUT2D eigenvalue weighted by Gasteiger charge is -2.32. The predicted molar refractivity (Wildman–Crippen MR) is 142 cm³/mol. The Bertz CT molecular complexity index is 675. The van der Waals surface area contributed by atoms with Crippen molar-refractivity contribution in [3.8, 4) is 5.75 Å². The average Bonchev–Trinajstić information content (AvgIpc) is 2.79. The summed E-state index contributed by atoms with van der Waals surface area (Å²) in [5.74, 6) is 0.945. The summed E-state index contributed by atoms with van der Waals surface area (Å²) >= 11 is 0. The van der Waals surface area contributed by atoms with Gasteiger partial charge in [0.2, 0.25) is 0 Å². The lowest BCUT2D eigenvalue weighted by molar-refractivity contribution is 0.0716. The summed E-state index contributed by atoms with van der Waals surface area (Å²) in [6.45, 7) is 8.61. The number of piperidine rings is 1. The molecule has 0 aromatic heterocycles. The Kier molecular flexibility index (Phi) is 17.6. The standard InChI is InChI=1S/C25H43N3O4.2ClH/c1-19(2)20(16-22(26)23(29)18-28-12-7-4-8-13-28)17-27-25(30)21-10-5-6-11-24(21)32-15-9-14-31-3;;/h5-6,10-11,19-20,22-23,29H,4,7-9,12-18,26H2,1-3H3,(H,27,30);2*1H/t20-,22+,23+;;/m1../s1. The Morgan fingerprint density at radius 3 is 2.47 bits per heavy atom. The molecule has 3 atom stereocenters. The molecule has 1 aliphatic heterocycles. The van der Waals surface area contributed by atoms with Crippen LogP contribution in [-0.2, 0) is 4.74 Å². The topological polar surface area (TPSA) is 97.0 Å². The van der Waals surface area contributed by atoms with Gasteiger partial charge in [0.1, 0.15) is 5.75 Å². The molecule has 34 heavy (non-hydrogen) atoms. The molecule has 0 unspecified atom stereocenters. The van der Waals surface area contributed by atoms with Crippen molar-refractivity contribution in [2.75, 3.05) is 46.5 Å². The average molecular weight is 523 g/mol. The van der Waals surface area contributed by atoms with Gasteiger partial charge in [-0.15, -0.1) is 24.8 Å².